The van der Waals surface area contributed by atoms with E-state index in [2.05, 4.69) is 158 Å². The van der Waals surface area contributed by atoms with Crippen LogP contribution in [0.5, 0.6) is 0 Å². The van der Waals surface area contributed by atoms with Gasteiger partial charge in [0.25, 0.3) is 0 Å². The molecule has 1 heteroatoms. The monoisotopic (exact) mass is 579 g/mol. The summed E-state index contributed by atoms with van der Waals surface area (Å²) in [6.07, 6.45) is 4.94. The van der Waals surface area contributed by atoms with Crippen LogP contribution in [0.25, 0.3) is 54.6 Å². The van der Waals surface area contributed by atoms with Crippen LogP contribution in [0.3, 0.4) is 0 Å². The van der Waals surface area contributed by atoms with Crippen molar-refractivity contribution in [3.63, 3.8) is 0 Å². The number of fused-ring (bicyclic) bond motifs is 6. The zero-order chi connectivity index (χ0) is 30.2. The molecule has 2 unspecified atom stereocenters. The van der Waals surface area contributed by atoms with E-state index in [-0.39, 0.29) is 11.0 Å². The van der Waals surface area contributed by atoms with Gasteiger partial charge in [-0.05, 0) is 92.7 Å². The first-order valence-corrected chi connectivity index (χ1v) is 16.5. The Morgan fingerprint density at radius 2 is 1.02 bits per heavy atom. The van der Waals surface area contributed by atoms with E-state index in [4.69, 9.17) is 0 Å². The first-order chi connectivity index (χ1) is 22.1. The smallest absolute Gasteiger partial charge is 0.0518 e. The van der Waals surface area contributed by atoms with E-state index in [0.717, 1.165) is 0 Å². The van der Waals surface area contributed by atoms with Crippen molar-refractivity contribution in [1.82, 2.24) is 0 Å². The number of anilines is 2. The lowest BCUT2D eigenvalue weighted by Crippen LogP contribution is -2.54. The first-order valence-electron chi connectivity index (χ1n) is 16.5. The maximum absolute atomic E-state index is 2.72. The third-order valence-corrected chi connectivity index (χ3v) is 11.4. The molecule has 1 nitrogen and oxygen atoms in total. The molecule has 0 aromatic heterocycles. The molecule has 0 radical (unpaired) electrons. The van der Waals surface area contributed by atoms with Gasteiger partial charge in [0.2, 0.25) is 0 Å². The Morgan fingerprint density at radius 3 is 1.71 bits per heavy atom. The van der Waals surface area contributed by atoms with Gasteiger partial charge in [-0.15, -0.1) is 0 Å². The molecule has 7 aromatic rings. The highest BCUT2D eigenvalue weighted by Gasteiger charge is 2.57. The van der Waals surface area contributed by atoms with E-state index in [1.165, 1.54) is 97.2 Å². The van der Waals surface area contributed by atoms with Crippen molar-refractivity contribution in [3.8, 4) is 22.3 Å². The van der Waals surface area contributed by atoms with Crippen LogP contribution in [-0.4, -0.2) is 5.54 Å². The van der Waals surface area contributed by atoms with E-state index in [1.54, 1.807) is 0 Å². The maximum atomic E-state index is 2.72. The third kappa shape index (κ3) is 3.67. The topological polar surface area (TPSA) is 3.24 Å². The Bertz CT molecular complexity index is 2200. The van der Waals surface area contributed by atoms with Gasteiger partial charge in [-0.3, -0.25) is 0 Å². The molecular formula is C44H37N. The van der Waals surface area contributed by atoms with Crippen molar-refractivity contribution >= 4 is 43.7 Å². The van der Waals surface area contributed by atoms with Crippen molar-refractivity contribution < 1.29 is 0 Å². The second-order valence-corrected chi connectivity index (χ2v) is 13.6. The van der Waals surface area contributed by atoms with E-state index in [1.807, 2.05) is 0 Å². The van der Waals surface area contributed by atoms with Crippen LogP contribution in [0.15, 0.2) is 140 Å². The largest absolute Gasteiger partial charge is 0.334 e. The minimum atomic E-state index is -0.00235. The molecule has 2 aliphatic rings. The average molecular weight is 580 g/mol. The van der Waals surface area contributed by atoms with Crippen molar-refractivity contribution in [2.45, 2.75) is 50.5 Å². The van der Waals surface area contributed by atoms with Crippen LogP contribution in [0, 0.1) is 0 Å². The van der Waals surface area contributed by atoms with Gasteiger partial charge in [-0.25, -0.2) is 0 Å². The van der Waals surface area contributed by atoms with E-state index in [0.29, 0.717) is 0 Å². The minimum absolute atomic E-state index is 0.00235. The van der Waals surface area contributed by atoms with Crippen molar-refractivity contribution in [3.05, 3.63) is 145 Å². The van der Waals surface area contributed by atoms with Crippen molar-refractivity contribution in [2.24, 2.45) is 0 Å². The fourth-order valence-corrected chi connectivity index (χ4v) is 9.02. The summed E-state index contributed by atoms with van der Waals surface area (Å²) in [4.78, 5) is 2.72. The summed E-state index contributed by atoms with van der Waals surface area (Å²) in [6.45, 7) is 5.08. The van der Waals surface area contributed by atoms with E-state index < -0.39 is 0 Å². The minimum Gasteiger partial charge on any atom is -0.334 e. The van der Waals surface area contributed by atoms with Gasteiger partial charge < -0.3 is 4.90 Å². The maximum Gasteiger partial charge on any atom is 0.0518 e. The zero-order valence-electron chi connectivity index (χ0n) is 26.1. The fourth-order valence-electron chi connectivity index (χ4n) is 9.02. The van der Waals surface area contributed by atoms with E-state index in [9.17, 15) is 0 Å². The molecule has 0 spiro atoms. The lowest BCUT2D eigenvalue weighted by molar-refractivity contribution is 0.195. The molecule has 1 heterocycles. The Hall–Kier alpha value is -4.88. The van der Waals surface area contributed by atoms with Crippen LogP contribution >= 0.6 is 0 Å². The van der Waals surface area contributed by atoms with E-state index >= 15 is 0 Å². The van der Waals surface area contributed by atoms with Crippen LogP contribution in [0.1, 0.15) is 45.1 Å². The molecule has 1 saturated carbocycles. The van der Waals surface area contributed by atoms with Crippen molar-refractivity contribution in [1.29, 1.82) is 0 Å². The fraction of sp³-hybridized carbons (Fsp3) is 0.182. The molecule has 0 amide bonds. The lowest BCUT2D eigenvalue weighted by atomic mass is 9.61. The highest BCUT2D eigenvalue weighted by atomic mass is 15.3. The van der Waals surface area contributed by atoms with Crippen molar-refractivity contribution in [2.75, 3.05) is 4.90 Å². The summed E-state index contributed by atoms with van der Waals surface area (Å²) in [7, 11) is 0. The normalized spacial score (nSPS) is 20.9. The molecule has 218 valence electrons. The number of rotatable bonds is 3. The van der Waals surface area contributed by atoms with Gasteiger partial charge in [-0.2, -0.15) is 0 Å². The Balaban J connectivity index is 1.33. The zero-order valence-corrected chi connectivity index (χ0v) is 26.1. The number of benzene rings is 7. The molecule has 2 atom stereocenters. The van der Waals surface area contributed by atoms with Gasteiger partial charge in [0.05, 0.1) is 5.54 Å². The molecule has 0 saturated heterocycles. The summed E-state index contributed by atoms with van der Waals surface area (Å²) in [5.74, 6) is 0. The number of hydrogen-bond donors (Lipinski definition) is 0. The van der Waals surface area contributed by atoms with Crippen LogP contribution in [0.4, 0.5) is 11.4 Å². The molecule has 1 fully saturated rings. The Labute approximate surface area is 265 Å². The second-order valence-electron chi connectivity index (χ2n) is 13.6. The lowest BCUT2D eigenvalue weighted by Gasteiger charge is -2.50. The Morgan fingerprint density at radius 1 is 0.467 bits per heavy atom. The molecule has 9 rings (SSSR count). The average Bonchev–Trinajstić information content (AvgIpc) is 3.30. The molecular weight excluding hydrogens is 542 g/mol. The molecule has 1 aliphatic carbocycles. The Kier molecular flexibility index (Phi) is 5.78. The molecule has 0 bridgehead atoms. The van der Waals surface area contributed by atoms with Gasteiger partial charge in [-0.1, -0.05) is 141 Å². The summed E-state index contributed by atoms with van der Waals surface area (Å²) < 4.78 is 0. The van der Waals surface area contributed by atoms with Gasteiger partial charge in [0.1, 0.15) is 0 Å². The summed E-state index contributed by atoms with van der Waals surface area (Å²) in [5, 5.41) is 7.89. The highest BCUT2D eigenvalue weighted by molar-refractivity contribution is 6.21. The van der Waals surface area contributed by atoms with Crippen LogP contribution in [0.2, 0.25) is 0 Å². The summed E-state index contributed by atoms with van der Waals surface area (Å²) >= 11 is 0. The van der Waals surface area contributed by atoms with Crippen LogP contribution < -0.4 is 4.90 Å². The standard InChI is InChI=1S/C44H37N/c1-43-27-12-13-28-44(43,2)45(39-24-14-18-30-15-6-7-19-33(30)39)40-26-25-32(29-38(40)43)42-36-22-10-8-20-34(36)41(31-16-4-3-5-17-31)35-21-9-11-23-37(35)42/h3-11,14-26,29H,12-13,27-28H2,1-2H3. The van der Waals surface area contributed by atoms with Gasteiger partial charge >= 0.3 is 0 Å². The second kappa shape index (κ2) is 9.81. The first kappa shape index (κ1) is 26.5. The highest BCUT2D eigenvalue weighted by Crippen LogP contribution is 2.62. The molecule has 1 aliphatic heterocycles. The quantitative estimate of drug-likeness (QED) is 0.188. The number of nitrogens with zero attached hydrogens (tertiary/aromatic N) is 1. The summed E-state index contributed by atoms with van der Waals surface area (Å²) in [5.41, 5.74) is 9.48. The SMILES string of the molecule is CC12CCCCC1(C)N(c1cccc3ccccc13)c1ccc(-c3c4ccccc4c(-c4ccccc4)c4ccccc34)cc12. The van der Waals surface area contributed by atoms with Crippen LogP contribution in [-0.2, 0) is 5.41 Å². The predicted molar refractivity (Wildman–Crippen MR) is 193 cm³/mol. The summed E-state index contributed by atoms with van der Waals surface area (Å²) in [6, 6.07) is 52.1. The molecule has 45 heavy (non-hydrogen) atoms. The molecule has 0 N–H and O–H groups in total. The predicted octanol–water partition coefficient (Wildman–Crippen LogP) is 12.2. The van der Waals surface area contributed by atoms with Gasteiger partial charge in [0, 0.05) is 22.2 Å². The van der Waals surface area contributed by atoms with Gasteiger partial charge in [0.15, 0.2) is 0 Å². The third-order valence-electron chi connectivity index (χ3n) is 11.4. The molecule has 7 aromatic carbocycles. The number of hydrogen-bond acceptors (Lipinski definition) is 1.